The molecule has 0 aromatic heterocycles. The maximum atomic E-state index is 11.8. The van der Waals surface area contributed by atoms with Crippen LogP contribution in [0.3, 0.4) is 0 Å². The predicted octanol–water partition coefficient (Wildman–Crippen LogP) is 1.66. The molecule has 1 aromatic rings. The summed E-state index contributed by atoms with van der Waals surface area (Å²) in [7, 11) is 0. The van der Waals surface area contributed by atoms with Crippen LogP contribution in [-0.2, 0) is 0 Å². The normalized spacial score (nSPS) is 9.41. The molecule has 17 heavy (non-hydrogen) atoms. The fraction of sp³-hybridized carbons (Fsp3) is 0.250. The second kappa shape index (κ2) is 5.66. The van der Waals surface area contributed by atoms with Crippen LogP contribution in [0.25, 0.3) is 0 Å². The molecule has 0 aliphatic heterocycles. The summed E-state index contributed by atoms with van der Waals surface area (Å²) in [4.78, 5) is 22.0. The highest BCUT2D eigenvalue weighted by Gasteiger charge is 2.21. The van der Waals surface area contributed by atoms with Crippen LogP contribution < -0.4 is 5.32 Å². The fourth-order valence-electron chi connectivity index (χ4n) is 1.44. The van der Waals surface area contributed by atoms with Gasteiger partial charge in [0.05, 0.1) is 4.92 Å². The zero-order chi connectivity index (χ0) is 12.8. The zero-order valence-corrected chi connectivity index (χ0v) is 9.40. The van der Waals surface area contributed by atoms with Gasteiger partial charge in [0.1, 0.15) is 5.56 Å². The van der Waals surface area contributed by atoms with E-state index in [0.717, 1.165) is 0 Å². The summed E-state index contributed by atoms with van der Waals surface area (Å²) < 4.78 is 0. The predicted molar refractivity (Wildman–Crippen MR) is 63.6 cm³/mol. The largest absolute Gasteiger partial charge is 0.351 e. The Morgan fingerprint density at radius 1 is 1.59 bits per heavy atom. The molecule has 0 unspecified atom stereocenters. The molecule has 0 aliphatic rings. The molecule has 1 N–H and O–H groups in total. The number of terminal acetylenes is 1. The van der Waals surface area contributed by atoms with E-state index in [4.69, 9.17) is 6.42 Å². The van der Waals surface area contributed by atoms with Gasteiger partial charge in [-0.1, -0.05) is 12.1 Å². The van der Waals surface area contributed by atoms with Gasteiger partial charge in [-0.05, 0) is 12.5 Å². The molecule has 5 nitrogen and oxygen atoms in total. The van der Waals surface area contributed by atoms with Crippen LogP contribution in [0.15, 0.2) is 18.2 Å². The zero-order valence-electron chi connectivity index (χ0n) is 9.40. The number of carbonyl (C=O) groups is 1. The molecule has 1 rings (SSSR count). The van der Waals surface area contributed by atoms with Crippen molar-refractivity contribution in [1.82, 2.24) is 5.32 Å². The highest BCUT2D eigenvalue weighted by atomic mass is 16.6. The molecule has 0 heterocycles. The maximum absolute atomic E-state index is 11.8. The minimum atomic E-state index is -0.566. The molecular formula is C12H12N2O3. The van der Waals surface area contributed by atoms with Gasteiger partial charge in [-0.15, -0.1) is 12.3 Å². The highest BCUT2D eigenvalue weighted by molar-refractivity contribution is 5.99. The van der Waals surface area contributed by atoms with Crippen molar-refractivity contribution in [2.75, 3.05) is 6.54 Å². The molecule has 5 heteroatoms. The first kappa shape index (κ1) is 12.7. The SMILES string of the molecule is C#CCCNC(=O)c1c(C)cccc1[N+](=O)[O-]. The van der Waals surface area contributed by atoms with E-state index in [2.05, 4.69) is 11.2 Å². The monoisotopic (exact) mass is 232 g/mol. The van der Waals surface area contributed by atoms with Crippen LogP contribution in [-0.4, -0.2) is 17.4 Å². The molecule has 88 valence electrons. The summed E-state index contributed by atoms with van der Waals surface area (Å²) >= 11 is 0. The van der Waals surface area contributed by atoms with E-state index in [1.54, 1.807) is 19.1 Å². The number of rotatable bonds is 4. The van der Waals surface area contributed by atoms with Gasteiger partial charge in [0.15, 0.2) is 0 Å². The molecule has 0 spiro atoms. The number of nitrogens with zero attached hydrogens (tertiary/aromatic N) is 1. The molecule has 1 amide bonds. The number of hydrogen-bond donors (Lipinski definition) is 1. The van der Waals surface area contributed by atoms with Gasteiger partial charge in [0.2, 0.25) is 0 Å². The van der Waals surface area contributed by atoms with Gasteiger partial charge in [-0.25, -0.2) is 0 Å². The van der Waals surface area contributed by atoms with Crippen molar-refractivity contribution in [3.05, 3.63) is 39.4 Å². The van der Waals surface area contributed by atoms with Crippen molar-refractivity contribution in [3.8, 4) is 12.3 Å². The molecule has 0 bridgehead atoms. The van der Waals surface area contributed by atoms with Crippen molar-refractivity contribution in [3.63, 3.8) is 0 Å². The standard InChI is InChI=1S/C12H12N2O3/c1-3-4-8-13-12(15)11-9(2)6-5-7-10(11)14(16)17/h1,5-7H,4,8H2,2H3,(H,13,15). The third-order valence-corrected chi connectivity index (χ3v) is 2.23. The van der Waals surface area contributed by atoms with Gasteiger partial charge in [0, 0.05) is 19.0 Å². The smallest absolute Gasteiger partial charge is 0.282 e. The Balaban J connectivity index is 3.00. The topological polar surface area (TPSA) is 72.2 Å². The summed E-state index contributed by atoms with van der Waals surface area (Å²) in [6.07, 6.45) is 5.45. The molecule has 0 atom stereocenters. The van der Waals surface area contributed by atoms with Crippen LogP contribution in [0, 0.1) is 29.4 Å². The Morgan fingerprint density at radius 2 is 2.29 bits per heavy atom. The molecule has 0 saturated heterocycles. The molecule has 0 saturated carbocycles. The molecule has 1 aromatic carbocycles. The first-order valence-electron chi connectivity index (χ1n) is 5.03. The van der Waals surface area contributed by atoms with E-state index in [1.807, 2.05) is 0 Å². The molecular weight excluding hydrogens is 220 g/mol. The Kier molecular flexibility index (Phi) is 4.23. The third-order valence-electron chi connectivity index (χ3n) is 2.23. The minimum Gasteiger partial charge on any atom is -0.351 e. The summed E-state index contributed by atoms with van der Waals surface area (Å²) in [6.45, 7) is 1.96. The molecule has 0 aliphatic carbocycles. The Hall–Kier alpha value is -2.35. The van der Waals surface area contributed by atoms with E-state index in [0.29, 0.717) is 18.5 Å². The van der Waals surface area contributed by atoms with Crippen molar-refractivity contribution in [1.29, 1.82) is 0 Å². The van der Waals surface area contributed by atoms with Gasteiger partial charge >= 0.3 is 0 Å². The van der Waals surface area contributed by atoms with Crippen molar-refractivity contribution >= 4 is 11.6 Å². The minimum absolute atomic E-state index is 0.0921. The second-order valence-electron chi connectivity index (χ2n) is 3.44. The summed E-state index contributed by atoms with van der Waals surface area (Å²) in [5.74, 6) is 1.91. The fourth-order valence-corrected chi connectivity index (χ4v) is 1.44. The van der Waals surface area contributed by atoms with Gasteiger partial charge in [-0.2, -0.15) is 0 Å². The summed E-state index contributed by atoms with van der Waals surface area (Å²) in [5, 5.41) is 13.4. The van der Waals surface area contributed by atoms with E-state index in [1.165, 1.54) is 6.07 Å². The van der Waals surface area contributed by atoms with E-state index in [9.17, 15) is 14.9 Å². The van der Waals surface area contributed by atoms with Crippen LogP contribution in [0.2, 0.25) is 0 Å². The number of nitro groups is 1. The number of aryl methyl sites for hydroxylation is 1. The van der Waals surface area contributed by atoms with Crippen LogP contribution in [0.4, 0.5) is 5.69 Å². The van der Waals surface area contributed by atoms with Crippen molar-refractivity contribution < 1.29 is 9.72 Å². The summed E-state index contributed by atoms with van der Waals surface area (Å²) in [5.41, 5.74) is 0.468. The number of hydrogen-bond acceptors (Lipinski definition) is 3. The number of nitro benzene ring substituents is 1. The highest BCUT2D eigenvalue weighted by Crippen LogP contribution is 2.21. The Labute approximate surface area is 99.0 Å². The van der Waals surface area contributed by atoms with E-state index >= 15 is 0 Å². The third kappa shape index (κ3) is 3.05. The second-order valence-corrected chi connectivity index (χ2v) is 3.44. The van der Waals surface area contributed by atoms with Gasteiger partial charge < -0.3 is 5.32 Å². The quantitative estimate of drug-likeness (QED) is 0.371. The van der Waals surface area contributed by atoms with Crippen molar-refractivity contribution in [2.24, 2.45) is 0 Å². The van der Waals surface area contributed by atoms with Crippen LogP contribution >= 0.6 is 0 Å². The Bertz CT molecular complexity index is 489. The Morgan fingerprint density at radius 3 is 2.88 bits per heavy atom. The lowest BCUT2D eigenvalue weighted by atomic mass is 10.1. The van der Waals surface area contributed by atoms with Crippen LogP contribution in [0.1, 0.15) is 22.3 Å². The number of amides is 1. The van der Waals surface area contributed by atoms with Crippen LogP contribution in [0.5, 0.6) is 0 Å². The maximum Gasteiger partial charge on any atom is 0.282 e. The lowest BCUT2D eigenvalue weighted by Gasteiger charge is -2.06. The van der Waals surface area contributed by atoms with E-state index < -0.39 is 10.8 Å². The number of benzene rings is 1. The summed E-state index contributed by atoms with van der Waals surface area (Å²) in [6, 6.07) is 4.51. The lowest BCUT2D eigenvalue weighted by Crippen LogP contribution is -2.25. The van der Waals surface area contributed by atoms with E-state index in [-0.39, 0.29) is 11.3 Å². The number of nitrogens with one attached hydrogen (secondary N) is 1. The van der Waals surface area contributed by atoms with Gasteiger partial charge in [0.25, 0.3) is 11.6 Å². The lowest BCUT2D eigenvalue weighted by molar-refractivity contribution is -0.385. The number of carbonyl (C=O) groups excluding carboxylic acids is 1. The molecule has 0 fully saturated rings. The first-order valence-corrected chi connectivity index (χ1v) is 5.03. The molecule has 0 radical (unpaired) electrons. The van der Waals surface area contributed by atoms with Crippen molar-refractivity contribution in [2.45, 2.75) is 13.3 Å². The average molecular weight is 232 g/mol. The average Bonchev–Trinajstić information content (AvgIpc) is 2.28. The van der Waals surface area contributed by atoms with Gasteiger partial charge in [-0.3, -0.25) is 14.9 Å². The first-order chi connectivity index (χ1) is 8.07.